The molecule has 0 bridgehead atoms. The summed E-state index contributed by atoms with van der Waals surface area (Å²) in [6.45, 7) is 3.53. The second-order valence-electron chi connectivity index (χ2n) is 1.78. The number of allylic oxidation sites excluding steroid dienone is 1. The molecule has 2 amide bonds. The monoisotopic (exact) mass is 134 g/mol. The smallest absolute Gasteiger partial charge is 0.313 e. The van der Waals surface area contributed by atoms with Gasteiger partial charge in [-0.15, -0.1) is 6.42 Å². The molecular formula is C7H6N2O. The molecule has 0 aliphatic carbocycles. The van der Waals surface area contributed by atoms with Crippen LogP contribution in [-0.2, 0) is 0 Å². The predicted molar refractivity (Wildman–Crippen MR) is 37.7 cm³/mol. The highest BCUT2D eigenvalue weighted by Gasteiger charge is 2.09. The van der Waals surface area contributed by atoms with Gasteiger partial charge in [0.05, 0.1) is 11.3 Å². The van der Waals surface area contributed by atoms with Crippen LogP contribution in [0.5, 0.6) is 0 Å². The summed E-state index contributed by atoms with van der Waals surface area (Å²) >= 11 is 0. The molecule has 0 saturated carbocycles. The number of hydrogen-bond acceptors (Lipinski definition) is 1. The van der Waals surface area contributed by atoms with E-state index in [0.29, 0.717) is 11.3 Å². The van der Waals surface area contributed by atoms with Crippen molar-refractivity contribution in [2.45, 2.75) is 0 Å². The molecule has 10 heavy (non-hydrogen) atoms. The summed E-state index contributed by atoms with van der Waals surface area (Å²) in [4.78, 5) is 10.5. The molecule has 1 aliphatic heterocycles. The standard InChI is InChI=1S/C7H6N2O/c1-3-6-4-8-7(10)9-5(6)2/h1,4H,2H2,(H2,8,9,10). The van der Waals surface area contributed by atoms with Gasteiger partial charge in [0, 0.05) is 6.20 Å². The number of urea groups is 1. The quantitative estimate of drug-likeness (QED) is 0.460. The topological polar surface area (TPSA) is 41.1 Å². The molecule has 0 spiro atoms. The van der Waals surface area contributed by atoms with Gasteiger partial charge < -0.3 is 10.6 Å². The van der Waals surface area contributed by atoms with Crippen LogP contribution < -0.4 is 10.6 Å². The predicted octanol–water partition coefficient (Wildman–Crippen LogP) is 0.330. The molecule has 1 heterocycles. The van der Waals surface area contributed by atoms with Gasteiger partial charge in [-0.05, 0) is 0 Å². The number of carbonyl (C=O) groups excluding carboxylic acids is 1. The lowest BCUT2D eigenvalue weighted by atomic mass is 10.2. The van der Waals surface area contributed by atoms with Crippen molar-refractivity contribution in [2.75, 3.05) is 0 Å². The Hall–Kier alpha value is -1.69. The van der Waals surface area contributed by atoms with Crippen molar-refractivity contribution in [2.24, 2.45) is 0 Å². The van der Waals surface area contributed by atoms with E-state index < -0.39 is 0 Å². The fourth-order valence-corrected chi connectivity index (χ4v) is 0.594. The molecule has 0 aromatic carbocycles. The third kappa shape index (κ3) is 1.00. The molecule has 0 unspecified atom stereocenters. The minimum Gasteiger partial charge on any atom is -0.313 e. The number of terminal acetylenes is 1. The molecule has 1 rings (SSSR count). The summed E-state index contributed by atoms with van der Waals surface area (Å²) in [5, 5.41) is 4.82. The second kappa shape index (κ2) is 2.28. The molecule has 0 aromatic rings. The number of amides is 2. The first-order valence-electron chi connectivity index (χ1n) is 2.67. The number of carbonyl (C=O) groups is 1. The van der Waals surface area contributed by atoms with Gasteiger partial charge >= 0.3 is 6.03 Å². The van der Waals surface area contributed by atoms with Crippen LogP contribution in [0.25, 0.3) is 0 Å². The van der Waals surface area contributed by atoms with E-state index >= 15 is 0 Å². The number of hydrogen-bond donors (Lipinski definition) is 2. The highest BCUT2D eigenvalue weighted by molar-refractivity contribution is 5.80. The van der Waals surface area contributed by atoms with Crippen LogP contribution in [0.2, 0.25) is 0 Å². The molecule has 50 valence electrons. The van der Waals surface area contributed by atoms with Crippen LogP contribution in [0.15, 0.2) is 24.0 Å². The molecule has 0 radical (unpaired) electrons. The highest BCUT2D eigenvalue weighted by Crippen LogP contribution is 2.03. The Bertz CT molecular complexity index is 257. The van der Waals surface area contributed by atoms with Crippen molar-refractivity contribution in [1.82, 2.24) is 10.6 Å². The lowest BCUT2D eigenvalue weighted by Gasteiger charge is -2.12. The third-order valence-electron chi connectivity index (χ3n) is 1.09. The Morgan fingerprint density at radius 1 is 1.70 bits per heavy atom. The van der Waals surface area contributed by atoms with Crippen LogP contribution in [0.1, 0.15) is 0 Å². The minimum absolute atomic E-state index is 0.302. The fraction of sp³-hybridized carbons (Fsp3) is 0. The maximum Gasteiger partial charge on any atom is 0.323 e. The maximum atomic E-state index is 10.5. The Morgan fingerprint density at radius 2 is 2.40 bits per heavy atom. The molecule has 0 saturated heterocycles. The molecule has 3 heteroatoms. The first kappa shape index (κ1) is 6.43. The van der Waals surface area contributed by atoms with Gasteiger partial charge in [-0.1, -0.05) is 12.5 Å². The lowest BCUT2D eigenvalue weighted by Crippen LogP contribution is -2.36. The molecule has 0 fully saturated rings. The molecule has 1 aliphatic rings. The minimum atomic E-state index is -0.302. The summed E-state index contributed by atoms with van der Waals surface area (Å²) in [5.74, 6) is 2.36. The van der Waals surface area contributed by atoms with Crippen LogP contribution in [0, 0.1) is 12.3 Å². The van der Waals surface area contributed by atoms with Crippen molar-refractivity contribution in [1.29, 1.82) is 0 Å². The van der Waals surface area contributed by atoms with Gasteiger partial charge in [0.15, 0.2) is 0 Å². The average molecular weight is 134 g/mol. The SMILES string of the molecule is C#CC1=CNC(=O)NC1=C. The van der Waals surface area contributed by atoms with Crippen LogP contribution >= 0.6 is 0 Å². The zero-order valence-corrected chi connectivity index (χ0v) is 5.27. The fourth-order valence-electron chi connectivity index (χ4n) is 0.594. The summed E-state index contributed by atoms with van der Waals surface area (Å²) in [7, 11) is 0. The largest absolute Gasteiger partial charge is 0.323 e. The van der Waals surface area contributed by atoms with E-state index in [-0.39, 0.29) is 6.03 Å². The van der Waals surface area contributed by atoms with E-state index in [1.54, 1.807) is 0 Å². The molecule has 3 nitrogen and oxygen atoms in total. The second-order valence-corrected chi connectivity index (χ2v) is 1.78. The van der Waals surface area contributed by atoms with Gasteiger partial charge in [0.2, 0.25) is 0 Å². The number of rotatable bonds is 0. The van der Waals surface area contributed by atoms with Crippen LogP contribution in [-0.4, -0.2) is 6.03 Å². The van der Waals surface area contributed by atoms with Gasteiger partial charge in [0.1, 0.15) is 0 Å². The Kier molecular flexibility index (Phi) is 1.46. The van der Waals surface area contributed by atoms with Gasteiger partial charge in [-0.3, -0.25) is 0 Å². The zero-order valence-electron chi connectivity index (χ0n) is 5.27. The summed E-state index contributed by atoms with van der Waals surface area (Å²) in [6.07, 6.45) is 6.51. The molecule has 0 aromatic heterocycles. The molecule has 0 atom stereocenters. The van der Waals surface area contributed by atoms with Gasteiger partial charge in [0.25, 0.3) is 0 Å². The first-order valence-corrected chi connectivity index (χ1v) is 2.67. The van der Waals surface area contributed by atoms with E-state index in [1.807, 2.05) is 0 Å². The highest BCUT2D eigenvalue weighted by atomic mass is 16.2. The van der Waals surface area contributed by atoms with Crippen molar-refractivity contribution in [3.63, 3.8) is 0 Å². The first-order chi connectivity index (χ1) is 4.74. The van der Waals surface area contributed by atoms with Crippen molar-refractivity contribution in [3.8, 4) is 12.3 Å². The van der Waals surface area contributed by atoms with Crippen LogP contribution in [0.3, 0.4) is 0 Å². The summed E-state index contributed by atoms with van der Waals surface area (Å²) in [6, 6.07) is -0.302. The average Bonchev–Trinajstić information content (AvgIpc) is 1.88. The number of nitrogens with one attached hydrogen (secondary N) is 2. The van der Waals surface area contributed by atoms with Gasteiger partial charge in [-0.25, -0.2) is 4.79 Å². The summed E-state index contributed by atoms with van der Waals surface area (Å²) in [5.41, 5.74) is 1.03. The normalized spacial score (nSPS) is 16.5. The van der Waals surface area contributed by atoms with Crippen molar-refractivity contribution < 1.29 is 4.79 Å². The zero-order chi connectivity index (χ0) is 7.56. The van der Waals surface area contributed by atoms with E-state index in [0.717, 1.165) is 0 Å². The van der Waals surface area contributed by atoms with E-state index in [2.05, 4.69) is 23.1 Å². The molecule has 2 N–H and O–H groups in total. The van der Waals surface area contributed by atoms with Crippen molar-refractivity contribution >= 4 is 6.03 Å². The van der Waals surface area contributed by atoms with E-state index in [1.165, 1.54) is 6.20 Å². The molecular weight excluding hydrogens is 128 g/mol. The van der Waals surface area contributed by atoms with Crippen molar-refractivity contribution in [3.05, 3.63) is 24.0 Å². The Morgan fingerprint density at radius 3 is 2.90 bits per heavy atom. The van der Waals surface area contributed by atoms with E-state index in [9.17, 15) is 4.79 Å². The van der Waals surface area contributed by atoms with Crippen LogP contribution in [0.4, 0.5) is 4.79 Å². The lowest BCUT2D eigenvalue weighted by molar-refractivity contribution is 0.246. The summed E-state index contributed by atoms with van der Waals surface area (Å²) < 4.78 is 0. The van der Waals surface area contributed by atoms with E-state index in [4.69, 9.17) is 6.42 Å². The Balaban J connectivity index is 2.88. The Labute approximate surface area is 58.8 Å². The van der Waals surface area contributed by atoms with Gasteiger partial charge in [-0.2, -0.15) is 0 Å². The maximum absolute atomic E-state index is 10.5. The third-order valence-corrected chi connectivity index (χ3v) is 1.09.